The first-order chi connectivity index (χ1) is 8.72. The van der Waals surface area contributed by atoms with Crippen LogP contribution in [0.3, 0.4) is 0 Å². The van der Waals surface area contributed by atoms with E-state index in [-0.39, 0.29) is 17.7 Å². The highest BCUT2D eigenvalue weighted by Crippen LogP contribution is 2.29. The maximum Gasteiger partial charge on any atom is 0.222 e. The zero-order chi connectivity index (χ0) is 13.0. The van der Waals surface area contributed by atoms with Gasteiger partial charge in [0.25, 0.3) is 0 Å². The molecular formula is C14H20N2O2. The summed E-state index contributed by atoms with van der Waals surface area (Å²) in [4.78, 5) is 11.4. The molecule has 1 amide bonds. The molecule has 0 bridgehead atoms. The number of hydrogen-bond donors (Lipinski definition) is 2. The van der Waals surface area contributed by atoms with Crippen molar-refractivity contribution >= 4 is 5.91 Å². The lowest BCUT2D eigenvalue weighted by molar-refractivity contribution is -0.121. The van der Waals surface area contributed by atoms with Gasteiger partial charge in [0, 0.05) is 19.0 Å². The van der Waals surface area contributed by atoms with Crippen LogP contribution in [0.1, 0.15) is 24.8 Å². The number of rotatable bonds is 5. The Morgan fingerprint density at radius 2 is 2.11 bits per heavy atom. The summed E-state index contributed by atoms with van der Waals surface area (Å²) < 4.78 is 5.54. The molecular weight excluding hydrogens is 228 g/mol. The average Bonchev–Trinajstić information content (AvgIpc) is 2.86. The number of nitrogens with two attached hydrogens (primary N) is 1. The lowest BCUT2D eigenvalue weighted by Crippen LogP contribution is -2.28. The standard InChI is InChI=1S/C14H20N2O2/c1-2-7-18-11-5-3-10(4-6-11)12-8-16-9-13(12)14(15)17/h3-6,12-13,16H,2,7-9H2,1H3,(H2,15,17). The van der Waals surface area contributed by atoms with Gasteiger partial charge in [0.05, 0.1) is 12.5 Å². The number of nitrogens with one attached hydrogen (secondary N) is 1. The van der Waals surface area contributed by atoms with Gasteiger partial charge in [-0.2, -0.15) is 0 Å². The fraction of sp³-hybridized carbons (Fsp3) is 0.500. The Bertz CT molecular complexity index is 403. The highest BCUT2D eigenvalue weighted by Gasteiger charge is 2.32. The Morgan fingerprint density at radius 3 is 2.72 bits per heavy atom. The van der Waals surface area contributed by atoms with E-state index in [0.29, 0.717) is 6.54 Å². The number of ether oxygens (including phenoxy) is 1. The summed E-state index contributed by atoms with van der Waals surface area (Å²) in [5.41, 5.74) is 6.56. The van der Waals surface area contributed by atoms with Crippen LogP contribution < -0.4 is 15.8 Å². The van der Waals surface area contributed by atoms with Crippen molar-refractivity contribution in [2.45, 2.75) is 19.3 Å². The third-order valence-electron chi connectivity index (χ3n) is 3.36. The van der Waals surface area contributed by atoms with Gasteiger partial charge in [-0.3, -0.25) is 4.79 Å². The average molecular weight is 248 g/mol. The van der Waals surface area contributed by atoms with Gasteiger partial charge in [-0.1, -0.05) is 19.1 Å². The first-order valence-corrected chi connectivity index (χ1v) is 6.45. The molecule has 98 valence electrons. The highest BCUT2D eigenvalue weighted by molar-refractivity contribution is 5.78. The number of amides is 1. The van der Waals surface area contributed by atoms with Crippen molar-refractivity contribution in [1.29, 1.82) is 0 Å². The molecule has 0 saturated carbocycles. The van der Waals surface area contributed by atoms with Crippen LogP contribution in [0.4, 0.5) is 0 Å². The molecule has 2 atom stereocenters. The Kier molecular flexibility index (Phi) is 4.20. The van der Waals surface area contributed by atoms with Crippen molar-refractivity contribution in [1.82, 2.24) is 5.32 Å². The molecule has 1 fully saturated rings. The van der Waals surface area contributed by atoms with Gasteiger partial charge in [-0.05, 0) is 24.1 Å². The van der Waals surface area contributed by atoms with Crippen LogP contribution in [0, 0.1) is 5.92 Å². The number of primary amides is 1. The van der Waals surface area contributed by atoms with Crippen LogP contribution >= 0.6 is 0 Å². The Balaban J connectivity index is 2.06. The minimum Gasteiger partial charge on any atom is -0.494 e. The molecule has 4 heteroatoms. The minimum atomic E-state index is -0.226. The smallest absolute Gasteiger partial charge is 0.222 e. The zero-order valence-corrected chi connectivity index (χ0v) is 10.7. The van der Waals surface area contributed by atoms with Gasteiger partial charge in [0.2, 0.25) is 5.91 Å². The Labute approximate surface area is 108 Å². The van der Waals surface area contributed by atoms with Crippen molar-refractivity contribution < 1.29 is 9.53 Å². The lowest BCUT2D eigenvalue weighted by atomic mass is 9.88. The van der Waals surface area contributed by atoms with E-state index in [9.17, 15) is 4.79 Å². The van der Waals surface area contributed by atoms with Gasteiger partial charge in [0.15, 0.2) is 0 Å². The topological polar surface area (TPSA) is 64.3 Å². The van der Waals surface area contributed by atoms with Crippen LogP contribution in [0.5, 0.6) is 5.75 Å². The van der Waals surface area contributed by atoms with Crippen LogP contribution in [0.15, 0.2) is 24.3 Å². The molecule has 0 radical (unpaired) electrons. The molecule has 4 nitrogen and oxygen atoms in total. The second-order valence-corrected chi connectivity index (χ2v) is 4.69. The first-order valence-electron chi connectivity index (χ1n) is 6.45. The molecule has 0 aromatic heterocycles. The minimum absolute atomic E-state index is 0.104. The molecule has 1 aromatic carbocycles. The molecule has 1 saturated heterocycles. The van der Waals surface area contributed by atoms with E-state index in [1.807, 2.05) is 24.3 Å². The van der Waals surface area contributed by atoms with Crippen molar-refractivity contribution in [3.05, 3.63) is 29.8 Å². The predicted octanol–water partition coefficient (Wildman–Crippen LogP) is 1.26. The number of carbonyl (C=O) groups is 1. The number of benzene rings is 1. The van der Waals surface area contributed by atoms with Gasteiger partial charge >= 0.3 is 0 Å². The van der Waals surface area contributed by atoms with Crippen molar-refractivity contribution in [2.75, 3.05) is 19.7 Å². The van der Waals surface area contributed by atoms with Gasteiger partial charge in [-0.15, -0.1) is 0 Å². The Hall–Kier alpha value is -1.55. The van der Waals surface area contributed by atoms with E-state index < -0.39 is 0 Å². The summed E-state index contributed by atoms with van der Waals surface area (Å²) in [7, 11) is 0. The van der Waals surface area contributed by atoms with Crippen molar-refractivity contribution in [2.24, 2.45) is 11.7 Å². The van der Waals surface area contributed by atoms with E-state index in [1.165, 1.54) is 0 Å². The van der Waals surface area contributed by atoms with E-state index in [2.05, 4.69) is 12.2 Å². The maximum atomic E-state index is 11.4. The molecule has 0 spiro atoms. The maximum absolute atomic E-state index is 11.4. The fourth-order valence-electron chi connectivity index (χ4n) is 2.36. The van der Waals surface area contributed by atoms with E-state index in [0.717, 1.165) is 30.9 Å². The van der Waals surface area contributed by atoms with Crippen LogP contribution in [0.2, 0.25) is 0 Å². The van der Waals surface area contributed by atoms with Crippen LogP contribution in [0.25, 0.3) is 0 Å². The van der Waals surface area contributed by atoms with Gasteiger partial charge < -0.3 is 15.8 Å². The molecule has 1 aromatic rings. The van der Waals surface area contributed by atoms with E-state index >= 15 is 0 Å². The molecule has 0 aliphatic carbocycles. The van der Waals surface area contributed by atoms with Gasteiger partial charge in [-0.25, -0.2) is 0 Å². The van der Waals surface area contributed by atoms with Crippen LogP contribution in [-0.4, -0.2) is 25.6 Å². The molecule has 2 unspecified atom stereocenters. The summed E-state index contributed by atoms with van der Waals surface area (Å²) in [5, 5.41) is 3.22. The Morgan fingerprint density at radius 1 is 1.39 bits per heavy atom. The highest BCUT2D eigenvalue weighted by atomic mass is 16.5. The summed E-state index contributed by atoms with van der Waals surface area (Å²) in [6.07, 6.45) is 0.998. The summed E-state index contributed by atoms with van der Waals surface area (Å²) in [6, 6.07) is 7.97. The normalized spacial score (nSPS) is 22.9. The quantitative estimate of drug-likeness (QED) is 0.824. The third-order valence-corrected chi connectivity index (χ3v) is 3.36. The third kappa shape index (κ3) is 2.82. The lowest BCUT2D eigenvalue weighted by Gasteiger charge is -2.16. The summed E-state index contributed by atoms with van der Waals surface area (Å²) >= 11 is 0. The molecule has 3 N–H and O–H groups in total. The molecule has 1 aliphatic heterocycles. The number of hydrogen-bond acceptors (Lipinski definition) is 3. The summed E-state index contributed by atoms with van der Waals surface area (Å²) in [6.45, 7) is 4.29. The summed E-state index contributed by atoms with van der Waals surface area (Å²) in [5.74, 6) is 0.730. The molecule has 1 aliphatic rings. The zero-order valence-electron chi connectivity index (χ0n) is 10.7. The van der Waals surface area contributed by atoms with Gasteiger partial charge in [0.1, 0.15) is 5.75 Å². The van der Waals surface area contributed by atoms with Crippen molar-refractivity contribution in [3.63, 3.8) is 0 Å². The second-order valence-electron chi connectivity index (χ2n) is 4.69. The SMILES string of the molecule is CCCOc1ccc(C2CNCC2C(N)=O)cc1. The second kappa shape index (κ2) is 5.87. The fourth-order valence-corrected chi connectivity index (χ4v) is 2.36. The van der Waals surface area contributed by atoms with E-state index in [1.54, 1.807) is 0 Å². The molecule has 2 rings (SSSR count). The molecule has 18 heavy (non-hydrogen) atoms. The molecule has 1 heterocycles. The van der Waals surface area contributed by atoms with E-state index in [4.69, 9.17) is 10.5 Å². The number of carbonyl (C=O) groups excluding carboxylic acids is 1. The monoisotopic (exact) mass is 248 g/mol. The predicted molar refractivity (Wildman–Crippen MR) is 70.5 cm³/mol. The van der Waals surface area contributed by atoms with Crippen molar-refractivity contribution in [3.8, 4) is 5.75 Å². The van der Waals surface area contributed by atoms with Crippen LogP contribution in [-0.2, 0) is 4.79 Å². The first kappa shape index (κ1) is 12.9. The largest absolute Gasteiger partial charge is 0.494 e.